The quantitative estimate of drug-likeness (QED) is 0.264. The highest BCUT2D eigenvalue weighted by molar-refractivity contribution is 14.0. The van der Waals surface area contributed by atoms with Crippen molar-refractivity contribution in [3.63, 3.8) is 0 Å². The summed E-state index contributed by atoms with van der Waals surface area (Å²) in [4.78, 5) is 7.94. The number of benzene rings is 1. The van der Waals surface area contributed by atoms with Crippen LogP contribution in [0.1, 0.15) is 18.1 Å². The molecule has 0 aliphatic rings. The van der Waals surface area contributed by atoms with E-state index in [4.69, 9.17) is 4.74 Å². The molecule has 0 amide bonds. The Hall–Kier alpha value is -2.08. The predicted molar refractivity (Wildman–Crippen MR) is 125 cm³/mol. The van der Waals surface area contributed by atoms with Crippen LogP contribution in [-0.2, 0) is 17.9 Å². The predicted octanol–water partition coefficient (Wildman–Crippen LogP) is 4.16. The minimum Gasteiger partial charge on any atom is -0.468 e. The van der Waals surface area contributed by atoms with Crippen LogP contribution >= 0.6 is 24.0 Å². The summed E-state index contributed by atoms with van der Waals surface area (Å²) in [5, 5.41) is 6.33. The SMILES string of the molecule is CN=C(NCc1ccnc(OCC(F)(F)F)c1)NCC(C)COCc1ccccc1.I. The average Bonchev–Trinajstić information content (AvgIpc) is 2.73. The third kappa shape index (κ3) is 11.8. The van der Waals surface area contributed by atoms with E-state index in [-0.39, 0.29) is 35.8 Å². The van der Waals surface area contributed by atoms with Gasteiger partial charge in [-0.05, 0) is 23.1 Å². The molecule has 1 atom stereocenters. The Morgan fingerprint density at radius 2 is 1.87 bits per heavy atom. The topological polar surface area (TPSA) is 67.8 Å². The highest BCUT2D eigenvalue weighted by Crippen LogP contribution is 2.17. The lowest BCUT2D eigenvalue weighted by molar-refractivity contribution is -0.154. The first-order chi connectivity index (χ1) is 14.4. The zero-order chi connectivity index (χ0) is 21.8. The van der Waals surface area contributed by atoms with Crippen molar-refractivity contribution in [2.24, 2.45) is 10.9 Å². The zero-order valence-corrected chi connectivity index (χ0v) is 19.8. The number of nitrogens with one attached hydrogen (secondary N) is 2. The summed E-state index contributed by atoms with van der Waals surface area (Å²) in [7, 11) is 1.65. The van der Waals surface area contributed by atoms with Crippen LogP contribution in [0, 0.1) is 5.92 Å². The van der Waals surface area contributed by atoms with Crippen LogP contribution in [0.4, 0.5) is 13.2 Å². The monoisotopic (exact) mass is 552 g/mol. The number of rotatable bonds is 10. The van der Waals surface area contributed by atoms with Gasteiger partial charge in [0.05, 0.1) is 13.2 Å². The molecular formula is C21H28F3IN4O2. The van der Waals surface area contributed by atoms with Gasteiger partial charge in [-0.25, -0.2) is 4.98 Å². The van der Waals surface area contributed by atoms with Crippen molar-refractivity contribution in [3.05, 3.63) is 59.8 Å². The molecule has 1 unspecified atom stereocenters. The molecule has 2 N–H and O–H groups in total. The molecule has 0 fully saturated rings. The van der Waals surface area contributed by atoms with Crippen molar-refractivity contribution >= 4 is 29.9 Å². The van der Waals surface area contributed by atoms with Gasteiger partial charge < -0.3 is 20.1 Å². The van der Waals surface area contributed by atoms with E-state index in [0.29, 0.717) is 32.3 Å². The lowest BCUT2D eigenvalue weighted by Crippen LogP contribution is -2.39. The molecule has 2 aromatic rings. The Kier molecular flexibility index (Phi) is 12.2. The minimum absolute atomic E-state index is 0. The van der Waals surface area contributed by atoms with E-state index in [9.17, 15) is 13.2 Å². The van der Waals surface area contributed by atoms with Crippen LogP contribution in [-0.4, -0.2) is 43.9 Å². The maximum atomic E-state index is 12.3. The molecule has 1 heterocycles. The molecule has 0 saturated heterocycles. The molecule has 1 aromatic heterocycles. The number of hydrogen-bond donors (Lipinski definition) is 2. The standard InChI is InChI=1S/C21H27F3N4O2.HI/c1-16(13-29-14-17-6-4-3-5-7-17)11-27-20(25-2)28-12-18-8-9-26-19(10-18)30-15-21(22,23)24;/h3-10,16H,11-15H2,1-2H3,(H2,25,27,28);1H. The summed E-state index contributed by atoms with van der Waals surface area (Å²) >= 11 is 0. The first kappa shape index (κ1) is 27.0. The van der Waals surface area contributed by atoms with Gasteiger partial charge in [0.1, 0.15) is 0 Å². The molecule has 1 aromatic carbocycles. The molecule has 172 valence electrons. The second-order valence-corrected chi connectivity index (χ2v) is 6.82. The van der Waals surface area contributed by atoms with E-state index in [2.05, 4.69) is 32.3 Å². The van der Waals surface area contributed by atoms with Gasteiger partial charge in [-0.3, -0.25) is 4.99 Å². The maximum Gasteiger partial charge on any atom is 0.422 e. The van der Waals surface area contributed by atoms with Gasteiger partial charge in [0.2, 0.25) is 5.88 Å². The molecule has 0 bridgehead atoms. The molecule has 0 radical (unpaired) electrons. The summed E-state index contributed by atoms with van der Waals surface area (Å²) in [5.41, 5.74) is 1.86. The number of hydrogen-bond acceptors (Lipinski definition) is 4. The largest absolute Gasteiger partial charge is 0.468 e. The minimum atomic E-state index is -4.40. The number of guanidine groups is 1. The molecule has 10 heteroatoms. The molecule has 0 aliphatic heterocycles. The molecular weight excluding hydrogens is 524 g/mol. The summed E-state index contributed by atoms with van der Waals surface area (Å²) in [5.74, 6) is 0.772. The lowest BCUT2D eigenvalue weighted by Gasteiger charge is -2.16. The number of nitrogens with zero attached hydrogens (tertiary/aromatic N) is 2. The van der Waals surface area contributed by atoms with E-state index in [1.165, 1.54) is 12.3 Å². The van der Waals surface area contributed by atoms with Crippen molar-refractivity contribution in [2.75, 3.05) is 26.8 Å². The molecule has 0 aliphatic carbocycles. The number of halogens is 4. The molecule has 0 saturated carbocycles. The number of ether oxygens (including phenoxy) is 2. The molecule has 0 spiro atoms. The maximum absolute atomic E-state index is 12.3. The Morgan fingerprint density at radius 3 is 2.55 bits per heavy atom. The van der Waals surface area contributed by atoms with Gasteiger partial charge in [0, 0.05) is 32.4 Å². The van der Waals surface area contributed by atoms with E-state index < -0.39 is 12.8 Å². The van der Waals surface area contributed by atoms with Crippen LogP contribution in [0.25, 0.3) is 0 Å². The first-order valence-corrected chi connectivity index (χ1v) is 9.56. The summed E-state index contributed by atoms with van der Waals surface area (Å²) in [6, 6.07) is 13.1. The third-order valence-electron chi connectivity index (χ3n) is 4.00. The second-order valence-electron chi connectivity index (χ2n) is 6.82. The van der Waals surface area contributed by atoms with Gasteiger partial charge in [-0.2, -0.15) is 13.2 Å². The van der Waals surface area contributed by atoms with E-state index in [1.54, 1.807) is 13.1 Å². The number of alkyl halides is 3. The third-order valence-corrected chi connectivity index (χ3v) is 4.00. The fourth-order valence-electron chi connectivity index (χ4n) is 2.48. The summed E-state index contributed by atoms with van der Waals surface area (Å²) in [6.07, 6.45) is -2.99. The summed E-state index contributed by atoms with van der Waals surface area (Å²) < 4.78 is 47.2. The van der Waals surface area contributed by atoms with Crippen LogP contribution in [0.15, 0.2) is 53.7 Å². The molecule has 2 rings (SSSR count). The van der Waals surface area contributed by atoms with Crippen LogP contribution < -0.4 is 15.4 Å². The van der Waals surface area contributed by atoms with Crippen LogP contribution in [0.2, 0.25) is 0 Å². The second kappa shape index (κ2) is 14.1. The van der Waals surface area contributed by atoms with E-state index >= 15 is 0 Å². The fraction of sp³-hybridized carbons (Fsp3) is 0.429. The Labute approximate surface area is 197 Å². The van der Waals surface area contributed by atoms with Crippen molar-refractivity contribution in [1.82, 2.24) is 15.6 Å². The van der Waals surface area contributed by atoms with Crippen molar-refractivity contribution in [2.45, 2.75) is 26.3 Å². The van der Waals surface area contributed by atoms with E-state index in [0.717, 1.165) is 11.1 Å². The molecule has 31 heavy (non-hydrogen) atoms. The zero-order valence-electron chi connectivity index (χ0n) is 17.5. The van der Waals surface area contributed by atoms with Crippen molar-refractivity contribution in [3.8, 4) is 5.88 Å². The van der Waals surface area contributed by atoms with Crippen LogP contribution in [0.3, 0.4) is 0 Å². The molecule has 6 nitrogen and oxygen atoms in total. The Balaban J connectivity index is 0.00000480. The Morgan fingerprint density at radius 1 is 1.13 bits per heavy atom. The van der Waals surface area contributed by atoms with Gasteiger partial charge in [-0.1, -0.05) is 37.3 Å². The van der Waals surface area contributed by atoms with Gasteiger partial charge in [-0.15, -0.1) is 24.0 Å². The van der Waals surface area contributed by atoms with Crippen molar-refractivity contribution in [1.29, 1.82) is 0 Å². The Bertz CT molecular complexity index is 792. The highest BCUT2D eigenvalue weighted by atomic mass is 127. The van der Waals surface area contributed by atoms with Crippen LogP contribution in [0.5, 0.6) is 5.88 Å². The number of aliphatic imine (C=N–C) groups is 1. The highest BCUT2D eigenvalue weighted by Gasteiger charge is 2.28. The lowest BCUT2D eigenvalue weighted by atomic mass is 10.2. The van der Waals surface area contributed by atoms with Gasteiger partial charge in [0.25, 0.3) is 0 Å². The van der Waals surface area contributed by atoms with Gasteiger partial charge >= 0.3 is 6.18 Å². The normalized spacial score (nSPS) is 12.6. The fourth-order valence-corrected chi connectivity index (χ4v) is 2.48. The number of aromatic nitrogens is 1. The average molecular weight is 552 g/mol. The van der Waals surface area contributed by atoms with Crippen molar-refractivity contribution < 1.29 is 22.6 Å². The first-order valence-electron chi connectivity index (χ1n) is 9.56. The number of pyridine rings is 1. The summed E-state index contributed by atoms with van der Waals surface area (Å²) in [6.45, 7) is 2.89. The van der Waals surface area contributed by atoms with Gasteiger partial charge in [0.15, 0.2) is 12.6 Å². The van der Waals surface area contributed by atoms with E-state index in [1.807, 2.05) is 30.3 Å². The smallest absolute Gasteiger partial charge is 0.422 e.